The monoisotopic (exact) mass is 331 g/mol. The molecular formula is C17H21N3O4. The Morgan fingerprint density at radius 2 is 1.96 bits per heavy atom. The summed E-state index contributed by atoms with van der Waals surface area (Å²) in [6.45, 7) is 4.14. The molecule has 0 unspecified atom stereocenters. The molecule has 1 aromatic carbocycles. The van der Waals surface area contributed by atoms with Crippen LogP contribution in [0.2, 0.25) is 0 Å². The maximum absolute atomic E-state index is 12.1. The quantitative estimate of drug-likeness (QED) is 0.781. The van der Waals surface area contributed by atoms with Crippen LogP contribution in [0.3, 0.4) is 0 Å². The summed E-state index contributed by atoms with van der Waals surface area (Å²) in [5, 5.41) is 2.81. The number of benzene rings is 1. The molecule has 0 aliphatic carbocycles. The van der Waals surface area contributed by atoms with Gasteiger partial charge >= 0.3 is 5.97 Å². The molecule has 0 fully saturated rings. The Labute approximate surface area is 140 Å². The van der Waals surface area contributed by atoms with E-state index in [1.165, 1.54) is 4.57 Å². The molecule has 7 nitrogen and oxygen atoms in total. The molecule has 24 heavy (non-hydrogen) atoms. The van der Waals surface area contributed by atoms with Gasteiger partial charge in [-0.1, -0.05) is 12.1 Å². The summed E-state index contributed by atoms with van der Waals surface area (Å²) in [5.74, 6) is 0.148. The van der Waals surface area contributed by atoms with Crippen molar-refractivity contribution < 1.29 is 19.1 Å². The summed E-state index contributed by atoms with van der Waals surface area (Å²) in [6.07, 6.45) is 1.65. The molecule has 2 rings (SSSR count). The Bertz CT molecular complexity index is 707. The lowest BCUT2D eigenvalue weighted by atomic mass is 10.2. The number of amides is 1. The van der Waals surface area contributed by atoms with Crippen molar-refractivity contribution in [2.75, 3.05) is 13.7 Å². The van der Waals surface area contributed by atoms with Gasteiger partial charge in [0, 0.05) is 12.7 Å². The maximum atomic E-state index is 12.1. The average molecular weight is 331 g/mol. The summed E-state index contributed by atoms with van der Waals surface area (Å²) < 4.78 is 11.5. The molecule has 0 spiro atoms. The summed E-state index contributed by atoms with van der Waals surface area (Å²) >= 11 is 0. The van der Waals surface area contributed by atoms with E-state index in [2.05, 4.69) is 10.3 Å². The number of carbonyl (C=O) groups excluding carboxylic acids is 2. The molecule has 1 amide bonds. The summed E-state index contributed by atoms with van der Waals surface area (Å²) in [7, 11) is 1.60. The number of hydrogen-bond acceptors (Lipinski definition) is 5. The van der Waals surface area contributed by atoms with Crippen LogP contribution in [0.25, 0.3) is 0 Å². The molecule has 0 aliphatic heterocycles. The lowest BCUT2D eigenvalue weighted by molar-refractivity contribution is -0.121. The molecular weight excluding hydrogens is 310 g/mol. The van der Waals surface area contributed by atoms with E-state index < -0.39 is 5.97 Å². The topological polar surface area (TPSA) is 82.5 Å². The van der Waals surface area contributed by atoms with E-state index in [0.717, 1.165) is 11.3 Å². The lowest BCUT2D eigenvalue weighted by Gasteiger charge is -2.09. The minimum Gasteiger partial charge on any atom is -0.497 e. The van der Waals surface area contributed by atoms with E-state index in [4.69, 9.17) is 9.47 Å². The fourth-order valence-electron chi connectivity index (χ4n) is 2.18. The Hall–Kier alpha value is -2.83. The van der Waals surface area contributed by atoms with Gasteiger partial charge in [-0.15, -0.1) is 0 Å². The number of aromatic nitrogens is 2. The Morgan fingerprint density at radius 1 is 1.25 bits per heavy atom. The van der Waals surface area contributed by atoms with Crippen molar-refractivity contribution in [2.24, 2.45) is 0 Å². The van der Waals surface area contributed by atoms with Gasteiger partial charge in [0.2, 0.25) is 11.7 Å². The minimum absolute atomic E-state index is 0.00510. The highest BCUT2D eigenvalue weighted by atomic mass is 16.5. The molecule has 0 saturated heterocycles. The predicted octanol–water partition coefficient (Wildman–Crippen LogP) is 1.69. The van der Waals surface area contributed by atoms with E-state index >= 15 is 0 Å². The third kappa shape index (κ3) is 4.58. The number of rotatable bonds is 7. The highest BCUT2D eigenvalue weighted by Crippen LogP contribution is 2.11. The van der Waals surface area contributed by atoms with Crippen LogP contribution in [-0.4, -0.2) is 35.1 Å². The number of ether oxygens (including phenoxy) is 2. The van der Waals surface area contributed by atoms with Gasteiger partial charge in [0.15, 0.2) is 0 Å². The van der Waals surface area contributed by atoms with Crippen LogP contribution in [0.5, 0.6) is 5.75 Å². The van der Waals surface area contributed by atoms with Crippen LogP contribution in [0, 0.1) is 6.92 Å². The zero-order valence-electron chi connectivity index (χ0n) is 14.0. The van der Waals surface area contributed by atoms with Crippen molar-refractivity contribution in [3.63, 3.8) is 0 Å². The van der Waals surface area contributed by atoms with E-state index in [-0.39, 0.29) is 24.9 Å². The van der Waals surface area contributed by atoms with Gasteiger partial charge in [-0.25, -0.2) is 9.78 Å². The number of carbonyl (C=O) groups is 2. The van der Waals surface area contributed by atoms with Crippen molar-refractivity contribution in [2.45, 2.75) is 26.9 Å². The van der Waals surface area contributed by atoms with Crippen molar-refractivity contribution in [3.8, 4) is 5.75 Å². The zero-order chi connectivity index (χ0) is 17.5. The molecule has 2 aromatic rings. The number of nitrogens with zero attached hydrogens (tertiary/aromatic N) is 2. The molecule has 1 aromatic heterocycles. The van der Waals surface area contributed by atoms with Gasteiger partial charge in [0.25, 0.3) is 0 Å². The fraction of sp³-hybridized carbons (Fsp3) is 0.353. The Kier molecular flexibility index (Phi) is 5.95. The zero-order valence-corrected chi connectivity index (χ0v) is 14.0. The second kappa shape index (κ2) is 8.14. The first-order valence-corrected chi connectivity index (χ1v) is 7.64. The first-order valence-electron chi connectivity index (χ1n) is 7.64. The van der Waals surface area contributed by atoms with Crippen LogP contribution < -0.4 is 10.1 Å². The fourth-order valence-corrected chi connectivity index (χ4v) is 2.18. The van der Waals surface area contributed by atoms with E-state index in [1.807, 2.05) is 24.3 Å². The number of nitrogens with one attached hydrogen (secondary N) is 1. The van der Waals surface area contributed by atoms with Gasteiger partial charge < -0.3 is 19.4 Å². The molecule has 0 aliphatic rings. The number of esters is 1. The van der Waals surface area contributed by atoms with E-state index in [0.29, 0.717) is 12.2 Å². The van der Waals surface area contributed by atoms with Gasteiger partial charge in [-0.3, -0.25) is 4.79 Å². The number of aryl methyl sites for hydroxylation is 1. The van der Waals surface area contributed by atoms with Crippen molar-refractivity contribution >= 4 is 11.9 Å². The number of imidazole rings is 1. The van der Waals surface area contributed by atoms with Crippen LogP contribution in [-0.2, 0) is 22.6 Å². The smallest absolute Gasteiger partial charge is 0.374 e. The SMILES string of the molecule is CCOC(=O)c1nc(C)cn1CC(=O)NCc1ccc(OC)cc1. The number of methoxy groups -OCH3 is 1. The highest BCUT2D eigenvalue weighted by Gasteiger charge is 2.17. The molecule has 7 heteroatoms. The normalized spacial score (nSPS) is 10.3. The van der Waals surface area contributed by atoms with Gasteiger partial charge in [-0.05, 0) is 31.5 Å². The van der Waals surface area contributed by atoms with E-state index in [1.54, 1.807) is 27.2 Å². The largest absolute Gasteiger partial charge is 0.497 e. The molecule has 128 valence electrons. The third-order valence-electron chi connectivity index (χ3n) is 3.32. The summed E-state index contributed by atoms with van der Waals surface area (Å²) in [5.41, 5.74) is 1.61. The lowest BCUT2D eigenvalue weighted by Crippen LogP contribution is -2.28. The first kappa shape index (κ1) is 17.5. The molecule has 0 bridgehead atoms. The molecule has 0 atom stereocenters. The van der Waals surface area contributed by atoms with Crippen LogP contribution in [0.15, 0.2) is 30.5 Å². The van der Waals surface area contributed by atoms with Crippen LogP contribution >= 0.6 is 0 Å². The second-order valence-corrected chi connectivity index (χ2v) is 5.18. The standard InChI is InChI=1S/C17H21N3O4/c1-4-24-17(22)16-19-12(2)10-20(16)11-15(21)18-9-13-5-7-14(23-3)8-6-13/h5-8,10H,4,9,11H2,1-3H3,(H,18,21). The Morgan fingerprint density at radius 3 is 2.58 bits per heavy atom. The van der Waals surface area contributed by atoms with Crippen LogP contribution in [0.4, 0.5) is 0 Å². The molecule has 1 heterocycles. The van der Waals surface area contributed by atoms with Crippen molar-refractivity contribution in [1.29, 1.82) is 0 Å². The number of hydrogen-bond donors (Lipinski definition) is 1. The van der Waals surface area contributed by atoms with Crippen molar-refractivity contribution in [1.82, 2.24) is 14.9 Å². The molecule has 1 N–H and O–H groups in total. The van der Waals surface area contributed by atoms with Crippen molar-refractivity contribution in [3.05, 3.63) is 47.5 Å². The highest BCUT2D eigenvalue weighted by molar-refractivity contribution is 5.86. The van der Waals surface area contributed by atoms with Crippen LogP contribution in [0.1, 0.15) is 28.8 Å². The van der Waals surface area contributed by atoms with E-state index in [9.17, 15) is 9.59 Å². The molecule has 0 saturated carbocycles. The average Bonchev–Trinajstić information content (AvgIpc) is 2.94. The third-order valence-corrected chi connectivity index (χ3v) is 3.32. The summed E-state index contributed by atoms with van der Waals surface area (Å²) in [4.78, 5) is 28.1. The van der Waals surface area contributed by atoms with Gasteiger partial charge in [0.1, 0.15) is 12.3 Å². The van der Waals surface area contributed by atoms with Gasteiger partial charge in [-0.2, -0.15) is 0 Å². The first-order chi connectivity index (χ1) is 11.5. The Balaban J connectivity index is 1.95. The second-order valence-electron chi connectivity index (χ2n) is 5.18. The van der Waals surface area contributed by atoms with Gasteiger partial charge in [0.05, 0.1) is 19.4 Å². The minimum atomic E-state index is -0.534. The summed E-state index contributed by atoms with van der Waals surface area (Å²) in [6, 6.07) is 7.42. The maximum Gasteiger partial charge on any atom is 0.374 e. The predicted molar refractivity (Wildman–Crippen MR) is 87.8 cm³/mol. The molecule has 0 radical (unpaired) electrons.